The highest BCUT2D eigenvalue weighted by Crippen LogP contribution is 2.19. The monoisotopic (exact) mass is 348 g/mol. The van der Waals surface area contributed by atoms with Gasteiger partial charge in [-0.1, -0.05) is 5.10 Å². The lowest BCUT2D eigenvalue weighted by Crippen LogP contribution is -2.45. The Morgan fingerprint density at radius 1 is 1.21 bits per heavy atom. The molecular formula is C10H11F3N8O3. The number of amides is 1. The van der Waals surface area contributed by atoms with E-state index in [0.717, 1.165) is 11.7 Å². The normalized spacial score (nSPS) is 11.5. The number of aryl methyl sites for hydroxylation is 2. The lowest BCUT2D eigenvalue weighted by atomic mass is 10.4. The van der Waals surface area contributed by atoms with E-state index in [0.29, 0.717) is 9.25 Å². The molecule has 11 nitrogen and oxygen atoms in total. The molecule has 130 valence electrons. The topological polar surface area (TPSA) is 130 Å². The molecule has 1 N–H and O–H groups in total. The highest BCUT2D eigenvalue weighted by Gasteiger charge is 2.28. The Bertz CT molecular complexity index is 881. The largest absolute Gasteiger partial charge is 0.390 e. The fourth-order valence-electron chi connectivity index (χ4n) is 1.70. The smallest absolute Gasteiger partial charge is 0.288 e. The second-order valence-electron chi connectivity index (χ2n) is 4.66. The van der Waals surface area contributed by atoms with Gasteiger partial charge in [0.15, 0.2) is 0 Å². The van der Waals surface area contributed by atoms with E-state index in [1.807, 2.05) is 0 Å². The molecule has 0 fully saturated rings. The van der Waals surface area contributed by atoms with Crippen LogP contribution >= 0.6 is 0 Å². The van der Waals surface area contributed by atoms with Gasteiger partial charge in [0, 0.05) is 20.6 Å². The molecule has 2 heterocycles. The number of halogens is 3. The van der Waals surface area contributed by atoms with Crippen molar-refractivity contribution in [2.45, 2.75) is 19.1 Å². The summed E-state index contributed by atoms with van der Waals surface area (Å²) in [6.07, 6.45) is -5.97. The van der Waals surface area contributed by atoms with E-state index in [-0.39, 0.29) is 5.95 Å². The van der Waals surface area contributed by atoms with Crippen molar-refractivity contribution >= 4 is 11.9 Å². The van der Waals surface area contributed by atoms with Crippen LogP contribution in [0.15, 0.2) is 9.59 Å². The number of rotatable bonds is 4. The summed E-state index contributed by atoms with van der Waals surface area (Å²) in [4.78, 5) is 36.0. The number of nitrogens with zero attached hydrogens (tertiary/aromatic N) is 7. The predicted octanol–water partition coefficient (Wildman–Crippen LogP) is -1.33. The van der Waals surface area contributed by atoms with E-state index in [9.17, 15) is 27.6 Å². The Morgan fingerprint density at radius 2 is 1.88 bits per heavy atom. The van der Waals surface area contributed by atoms with Crippen LogP contribution in [0.25, 0.3) is 0 Å². The fourth-order valence-corrected chi connectivity index (χ4v) is 1.70. The molecule has 0 radical (unpaired) electrons. The van der Waals surface area contributed by atoms with Gasteiger partial charge in [0.1, 0.15) is 0 Å². The number of carbonyl (C=O) groups excluding carboxylic acids is 1. The van der Waals surface area contributed by atoms with Crippen LogP contribution in [0, 0.1) is 0 Å². The molecule has 24 heavy (non-hydrogen) atoms. The Kier molecular flexibility index (Phi) is 4.48. The van der Waals surface area contributed by atoms with E-state index in [4.69, 9.17) is 0 Å². The average Bonchev–Trinajstić information content (AvgIpc) is 2.87. The Hall–Kier alpha value is -3.06. The van der Waals surface area contributed by atoms with E-state index in [1.54, 1.807) is 0 Å². The van der Waals surface area contributed by atoms with Crippen LogP contribution < -0.4 is 16.6 Å². The van der Waals surface area contributed by atoms with Crippen LogP contribution in [0.3, 0.4) is 0 Å². The zero-order chi connectivity index (χ0) is 18.1. The molecule has 2 aromatic rings. The van der Waals surface area contributed by atoms with Gasteiger partial charge in [0.2, 0.25) is 11.6 Å². The third kappa shape index (κ3) is 3.64. The van der Waals surface area contributed by atoms with Crippen molar-refractivity contribution in [1.29, 1.82) is 0 Å². The van der Waals surface area contributed by atoms with Gasteiger partial charge in [0.25, 0.3) is 11.5 Å². The van der Waals surface area contributed by atoms with Gasteiger partial charge >= 0.3 is 11.9 Å². The van der Waals surface area contributed by atoms with Crippen molar-refractivity contribution in [3.8, 4) is 0 Å². The number of anilines is 1. The summed E-state index contributed by atoms with van der Waals surface area (Å²) >= 11 is 0. The number of carbonyl (C=O) groups is 1. The minimum atomic E-state index is -4.57. The summed E-state index contributed by atoms with van der Waals surface area (Å²) in [6.45, 7) is -0.927. The van der Waals surface area contributed by atoms with E-state index < -0.39 is 42.0 Å². The fraction of sp³-hybridized carbons (Fsp3) is 0.500. The molecule has 0 saturated carbocycles. The zero-order valence-electron chi connectivity index (χ0n) is 12.4. The summed E-state index contributed by atoms with van der Waals surface area (Å²) in [7, 11) is 2.51. The van der Waals surface area contributed by atoms with Crippen LogP contribution in [0.1, 0.15) is 16.9 Å². The van der Waals surface area contributed by atoms with Crippen molar-refractivity contribution in [2.24, 2.45) is 14.1 Å². The van der Waals surface area contributed by atoms with Crippen LogP contribution in [-0.2, 0) is 20.6 Å². The van der Waals surface area contributed by atoms with Gasteiger partial charge in [-0.15, -0.1) is 0 Å². The molecule has 0 aliphatic carbocycles. The Labute approximate surface area is 130 Å². The first-order valence-corrected chi connectivity index (χ1v) is 6.39. The van der Waals surface area contributed by atoms with Crippen LogP contribution in [0.4, 0.5) is 19.1 Å². The van der Waals surface area contributed by atoms with Gasteiger partial charge in [-0.25, -0.2) is 14.2 Å². The van der Waals surface area contributed by atoms with Crippen LogP contribution in [-0.4, -0.2) is 46.6 Å². The molecule has 0 saturated heterocycles. The second kappa shape index (κ2) is 6.21. The van der Waals surface area contributed by atoms with Crippen molar-refractivity contribution in [3.05, 3.63) is 26.5 Å². The van der Waals surface area contributed by atoms with E-state index >= 15 is 0 Å². The molecule has 2 rings (SSSR count). The summed E-state index contributed by atoms with van der Waals surface area (Å²) < 4.78 is 38.9. The quantitative estimate of drug-likeness (QED) is 0.724. The molecule has 0 unspecified atom stereocenters. The minimum absolute atomic E-state index is 0.114. The van der Waals surface area contributed by atoms with Gasteiger partial charge in [0.05, 0.1) is 6.42 Å². The maximum Gasteiger partial charge on any atom is 0.390 e. The Balaban J connectivity index is 2.39. The first-order chi connectivity index (χ1) is 11.1. The second-order valence-corrected chi connectivity index (χ2v) is 4.66. The minimum Gasteiger partial charge on any atom is -0.288 e. The molecule has 2 aromatic heterocycles. The number of tetrazole rings is 1. The van der Waals surface area contributed by atoms with Gasteiger partial charge in [-0.2, -0.15) is 18.3 Å². The zero-order valence-corrected chi connectivity index (χ0v) is 12.4. The maximum atomic E-state index is 12.3. The highest BCUT2D eigenvalue weighted by molar-refractivity contribution is 6.01. The van der Waals surface area contributed by atoms with Crippen molar-refractivity contribution in [1.82, 2.24) is 34.6 Å². The molecule has 0 aliphatic heterocycles. The molecule has 14 heteroatoms. The van der Waals surface area contributed by atoms with Crippen molar-refractivity contribution in [2.75, 3.05) is 5.32 Å². The summed E-state index contributed by atoms with van der Waals surface area (Å²) in [6, 6.07) is 0. The molecule has 0 aromatic carbocycles. The summed E-state index contributed by atoms with van der Waals surface area (Å²) in [5.41, 5.74) is -3.07. The summed E-state index contributed by atoms with van der Waals surface area (Å²) in [5, 5.41) is 15.8. The van der Waals surface area contributed by atoms with E-state index in [2.05, 4.69) is 25.9 Å². The summed E-state index contributed by atoms with van der Waals surface area (Å²) in [5.74, 6) is -1.17. The molecular weight excluding hydrogens is 337 g/mol. The molecule has 1 amide bonds. The van der Waals surface area contributed by atoms with Crippen molar-refractivity contribution in [3.63, 3.8) is 0 Å². The van der Waals surface area contributed by atoms with Gasteiger partial charge in [-0.3, -0.25) is 19.5 Å². The Morgan fingerprint density at radius 3 is 2.42 bits per heavy atom. The third-order valence-electron chi connectivity index (χ3n) is 2.88. The lowest BCUT2D eigenvalue weighted by Gasteiger charge is -2.10. The van der Waals surface area contributed by atoms with Gasteiger partial charge in [-0.05, 0) is 10.4 Å². The average molecular weight is 348 g/mol. The molecule has 0 bridgehead atoms. The van der Waals surface area contributed by atoms with E-state index in [1.165, 1.54) is 7.05 Å². The lowest BCUT2D eigenvalue weighted by molar-refractivity contribution is -0.137. The third-order valence-corrected chi connectivity index (χ3v) is 2.88. The van der Waals surface area contributed by atoms with Crippen molar-refractivity contribution < 1.29 is 18.0 Å². The molecule has 0 atom stereocenters. The highest BCUT2D eigenvalue weighted by atomic mass is 19.4. The number of alkyl halides is 3. The molecule has 0 aliphatic rings. The van der Waals surface area contributed by atoms with Crippen LogP contribution in [0.2, 0.25) is 0 Å². The number of nitrogens with one attached hydrogen (secondary N) is 1. The van der Waals surface area contributed by atoms with Crippen LogP contribution in [0.5, 0.6) is 0 Å². The first-order valence-electron chi connectivity index (χ1n) is 6.39. The molecule has 0 spiro atoms. The predicted molar refractivity (Wildman–Crippen MR) is 71.2 cm³/mol. The number of aromatic nitrogens is 7. The number of hydrogen-bond acceptors (Lipinski definition) is 7. The number of hydrogen-bond donors (Lipinski definition) is 1. The SMILES string of the molecule is Cn1nnnc1NC(=O)c1nn(C)c(=O)n(CCC(F)(F)F)c1=O. The maximum absolute atomic E-state index is 12.3. The first kappa shape index (κ1) is 17.3. The standard InChI is InChI=1S/C10H11F3N8O3/c1-19-8(15-17-18-19)14-6(22)5-7(23)21(4-3-10(11,12)13)9(24)20(2)16-5/h3-4H2,1-2H3,(H,14,15,18,22). The van der Waals surface area contributed by atoms with Gasteiger partial charge < -0.3 is 0 Å².